The summed E-state index contributed by atoms with van der Waals surface area (Å²) < 4.78 is 25.9. The number of benzene rings is 2. The van der Waals surface area contributed by atoms with Crippen molar-refractivity contribution in [1.82, 2.24) is 9.97 Å². The van der Waals surface area contributed by atoms with Crippen LogP contribution in [0.15, 0.2) is 54.6 Å². The van der Waals surface area contributed by atoms with E-state index >= 15 is 0 Å². The standard InChI is InChI=1S/C18H17F2N3/c19-16(20)18-22-15-11-5-4-10-14(15)17(23-18)21-12-6-9-13-7-2-1-3-8-13/h1-5,7-8,10-11,16H,6,9,12H2,(H,21,22,23). The molecule has 3 rings (SSSR count). The van der Waals surface area contributed by atoms with Gasteiger partial charge in [0.25, 0.3) is 6.43 Å². The largest absolute Gasteiger partial charge is 0.369 e. The monoisotopic (exact) mass is 313 g/mol. The van der Waals surface area contributed by atoms with Crippen LogP contribution >= 0.6 is 0 Å². The molecule has 0 saturated heterocycles. The Morgan fingerprint density at radius 1 is 0.913 bits per heavy atom. The minimum absolute atomic E-state index is 0.436. The Labute approximate surface area is 133 Å². The molecule has 1 aromatic heterocycles. The van der Waals surface area contributed by atoms with Crippen LogP contribution in [0.1, 0.15) is 24.2 Å². The maximum Gasteiger partial charge on any atom is 0.297 e. The highest BCUT2D eigenvalue weighted by Crippen LogP contribution is 2.24. The van der Waals surface area contributed by atoms with E-state index in [0.717, 1.165) is 18.2 Å². The second-order valence-corrected chi connectivity index (χ2v) is 5.26. The number of aryl methyl sites for hydroxylation is 1. The van der Waals surface area contributed by atoms with Gasteiger partial charge in [0.1, 0.15) is 5.82 Å². The third-order valence-corrected chi connectivity index (χ3v) is 3.59. The van der Waals surface area contributed by atoms with Gasteiger partial charge in [0.2, 0.25) is 0 Å². The number of anilines is 1. The van der Waals surface area contributed by atoms with Gasteiger partial charge >= 0.3 is 0 Å². The van der Waals surface area contributed by atoms with E-state index in [4.69, 9.17) is 0 Å². The van der Waals surface area contributed by atoms with Crippen LogP contribution in [-0.2, 0) is 6.42 Å². The molecule has 0 aliphatic rings. The molecule has 3 aromatic rings. The summed E-state index contributed by atoms with van der Waals surface area (Å²) >= 11 is 0. The summed E-state index contributed by atoms with van der Waals surface area (Å²) in [4.78, 5) is 7.88. The van der Waals surface area contributed by atoms with Gasteiger partial charge < -0.3 is 5.32 Å². The normalized spacial score (nSPS) is 11.1. The molecular formula is C18H17F2N3. The molecule has 5 heteroatoms. The fourth-order valence-electron chi connectivity index (χ4n) is 2.47. The van der Waals surface area contributed by atoms with Crippen LogP contribution in [0.4, 0.5) is 14.6 Å². The average Bonchev–Trinajstić information content (AvgIpc) is 2.59. The number of nitrogens with one attached hydrogen (secondary N) is 1. The summed E-state index contributed by atoms with van der Waals surface area (Å²) in [7, 11) is 0. The van der Waals surface area contributed by atoms with Crippen molar-refractivity contribution in [3.05, 3.63) is 66.0 Å². The van der Waals surface area contributed by atoms with E-state index in [1.807, 2.05) is 30.3 Å². The fourth-order valence-corrected chi connectivity index (χ4v) is 2.47. The molecule has 0 atom stereocenters. The summed E-state index contributed by atoms with van der Waals surface area (Å²) in [5, 5.41) is 3.93. The van der Waals surface area contributed by atoms with Crippen molar-refractivity contribution in [2.24, 2.45) is 0 Å². The maximum atomic E-state index is 12.9. The van der Waals surface area contributed by atoms with Crippen LogP contribution in [0.5, 0.6) is 0 Å². The minimum atomic E-state index is -2.68. The van der Waals surface area contributed by atoms with Gasteiger partial charge in [-0.15, -0.1) is 0 Å². The van der Waals surface area contributed by atoms with Gasteiger partial charge in [-0.2, -0.15) is 0 Å². The molecule has 3 nitrogen and oxygen atoms in total. The molecule has 0 fully saturated rings. The summed E-state index contributed by atoms with van der Waals surface area (Å²) in [6, 6.07) is 17.4. The second-order valence-electron chi connectivity index (χ2n) is 5.26. The quantitative estimate of drug-likeness (QED) is 0.675. The number of rotatable bonds is 6. The number of nitrogens with zero attached hydrogens (tertiary/aromatic N) is 2. The third kappa shape index (κ3) is 3.80. The smallest absolute Gasteiger partial charge is 0.297 e. The number of hydrogen-bond acceptors (Lipinski definition) is 3. The molecule has 1 N–H and O–H groups in total. The van der Waals surface area contributed by atoms with E-state index in [1.165, 1.54) is 5.56 Å². The lowest BCUT2D eigenvalue weighted by Crippen LogP contribution is -2.08. The Morgan fingerprint density at radius 3 is 2.43 bits per heavy atom. The predicted octanol–water partition coefficient (Wildman–Crippen LogP) is 4.61. The van der Waals surface area contributed by atoms with E-state index in [0.29, 0.717) is 17.9 Å². The van der Waals surface area contributed by atoms with Gasteiger partial charge in [-0.1, -0.05) is 42.5 Å². The molecule has 0 spiro atoms. The molecule has 0 unspecified atom stereocenters. The van der Waals surface area contributed by atoms with Crippen LogP contribution in [0.2, 0.25) is 0 Å². The molecule has 23 heavy (non-hydrogen) atoms. The first-order chi connectivity index (χ1) is 11.2. The van der Waals surface area contributed by atoms with Crippen molar-refractivity contribution in [3.63, 3.8) is 0 Å². The number of aromatic nitrogens is 2. The lowest BCUT2D eigenvalue weighted by atomic mass is 10.1. The van der Waals surface area contributed by atoms with Crippen molar-refractivity contribution in [2.75, 3.05) is 11.9 Å². The SMILES string of the molecule is FC(F)c1nc(NCCCc2ccccc2)c2ccccc2n1. The minimum Gasteiger partial charge on any atom is -0.369 e. The zero-order valence-corrected chi connectivity index (χ0v) is 12.5. The summed E-state index contributed by atoms with van der Waals surface area (Å²) in [5.74, 6) is 0.0354. The van der Waals surface area contributed by atoms with Gasteiger partial charge in [-0.25, -0.2) is 18.7 Å². The van der Waals surface area contributed by atoms with Crippen molar-refractivity contribution >= 4 is 16.7 Å². The Kier molecular flexibility index (Phi) is 4.76. The van der Waals surface area contributed by atoms with Crippen molar-refractivity contribution < 1.29 is 8.78 Å². The number of para-hydroxylation sites is 1. The van der Waals surface area contributed by atoms with Crippen LogP contribution in [0.3, 0.4) is 0 Å². The first-order valence-corrected chi connectivity index (χ1v) is 7.56. The Balaban J connectivity index is 1.71. The Morgan fingerprint density at radius 2 is 1.65 bits per heavy atom. The lowest BCUT2D eigenvalue weighted by molar-refractivity contribution is 0.141. The van der Waals surface area contributed by atoms with Gasteiger partial charge in [0.15, 0.2) is 5.82 Å². The predicted molar refractivity (Wildman–Crippen MR) is 87.7 cm³/mol. The number of alkyl halides is 2. The van der Waals surface area contributed by atoms with E-state index in [1.54, 1.807) is 12.1 Å². The third-order valence-electron chi connectivity index (χ3n) is 3.59. The topological polar surface area (TPSA) is 37.8 Å². The molecule has 1 heterocycles. The van der Waals surface area contributed by atoms with Crippen molar-refractivity contribution in [3.8, 4) is 0 Å². The molecule has 2 aromatic carbocycles. The lowest BCUT2D eigenvalue weighted by Gasteiger charge is -2.10. The van der Waals surface area contributed by atoms with Gasteiger partial charge in [0, 0.05) is 11.9 Å². The average molecular weight is 313 g/mol. The molecular weight excluding hydrogens is 296 g/mol. The van der Waals surface area contributed by atoms with E-state index < -0.39 is 12.2 Å². The van der Waals surface area contributed by atoms with Gasteiger partial charge in [0.05, 0.1) is 5.52 Å². The maximum absolute atomic E-state index is 12.9. The van der Waals surface area contributed by atoms with Crippen molar-refractivity contribution in [2.45, 2.75) is 19.3 Å². The van der Waals surface area contributed by atoms with E-state index in [-0.39, 0.29) is 0 Å². The first-order valence-electron chi connectivity index (χ1n) is 7.56. The summed E-state index contributed by atoms with van der Waals surface area (Å²) in [6.45, 7) is 0.665. The zero-order chi connectivity index (χ0) is 16.1. The van der Waals surface area contributed by atoms with Gasteiger partial charge in [-0.05, 0) is 30.5 Å². The molecule has 0 aliphatic carbocycles. The molecule has 0 amide bonds. The number of halogens is 2. The van der Waals surface area contributed by atoms with E-state index in [2.05, 4.69) is 27.4 Å². The van der Waals surface area contributed by atoms with Crippen LogP contribution in [0.25, 0.3) is 10.9 Å². The molecule has 0 saturated carbocycles. The molecule has 0 aliphatic heterocycles. The summed E-state index contributed by atoms with van der Waals surface area (Å²) in [5.41, 5.74) is 1.79. The van der Waals surface area contributed by atoms with E-state index in [9.17, 15) is 8.78 Å². The van der Waals surface area contributed by atoms with Crippen LogP contribution in [-0.4, -0.2) is 16.5 Å². The number of fused-ring (bicyclic) bond motifs is 1. The van der Waals surface area contributed by atoms with Gasteiger partial charge in [-0.3, -0.25) is 0 Å². The zero-order valence-electron chi connectivity index (χ0n) is 12.5. The Bertz CT molecular complexity index is 776. The summed E-state index contributed by atoms with van der Waals surface area (Å²) in [6.07, 6.45) is -0.852. The highest BCUT2D eigenvalue weighted by atomic mass is 19.3. The Hall–Kier alpha value is -2.56. The van der Waals surface area contributed by atoms with Crippen LogP contribution in [0, 0.1) is 0 Å². The number of hydrogen-bond donors (Lipinski definition) is 1. The fraction of sp³-hybridized carbons (Fsp3) is 0.222. The highest BCUT2D eigenvalue weighted by Gasteiger charge is 2.14. The molecule has 0 radical (unpaired) electrons. The first kappa shape index (κ1) is 15.3. The van der Waals surface area contributed by atoms with Crippen molar-refractivity contribution in [1.29, 1.82) is 0 Å². The highest BCUT2D eigenvalue weighted by molar-refractivity contribution is 5.88. The second kappa shape index (κ2) is 7.13. The molecule has 118 valence electrons. The molecule has 0 bridgehead atoms. The van der Waals surface area contributed by atoms with Crippen LogP contribution < -0.4 is 5.32 Å².